The molecule has 4 heteroatoms. The van der Waals surface area contributed by atoms with Crippen LogP contribution in [0.5, 0.6) is 0 Å². The number of nitrogens with zero attached hydrogens (tertiary/aromatic N) is 1. The largest absolute Gasteiger partial charge is 0.335 e. The van der Waals surface area contributed by atoms with Crippen molar-refractivity contribution in [3.05, 3.63) is 12.7 Å². The molecule has 1 heterocycles. The summed E-state index contributed by atoms with van der Waals surface area (Å²) in [6.07, 6.45) is 5.42. The van der Waals surface area contributed by atoms with Gasteiger partial charge in [0.05, 0.1) is 0 Å². The Labute approximate surface area is 97.1 Å². The highest BCUT2D eigenvalue weighted by Crippen LogP contribution is 2.33. The Hall–Kier alpha value is -1.03. The minimum Gasteiger partial charge on any atom is -0.335 e. The van der Waals surface area contributed by atoms with E-state index in [9.17, 15) is 4.79 Å². The van der Waals surface area contributed by atoms with Crippen LogP contribution in [0.2, 0.25) is 0 Å². The van der Waals surface area contributed by atoms with E-state index in [0.717, 1.165) is 19.0 Å². The van der Waals surface area contributed by atoms with E-state index < -0.39 is 0 Å². The van der Waals surface area contributed by atoms with Crippen molar-refractivity contribution in [1.29, 1.82) is 0 Å². The average Bonchev–Trinajstić information content (AvgIpc) is 3.01. The first-order chi connectivity index (χ1) is 7.70. The molecule has 1 saturated heterocycles. The lowest BCUT2D eigenvalue weighted by Crippen LogP contribution is -2.43. The van der Waals surface area contributed by atoms with Gasteiger partial charge < -0.3 is 10.6 Å². The van der Waals surface area contributed by atoms with Gasteiger partial charge in [-0.3, -0.25) is 4.90 Å². The normalized spacial score (nSPS) is 30.1. The number of carbonyl (C=O) groups excluding carboxylic acids is 1. The van der Waals surface area contributed by atoms with E-state index in [-0.39, 0.29) is 6.03 Å². The fourth-order valence-corrected chi connectivity index (χ4v) is 2.48. The number of hydrogen-bond acceptors (Lipinski definition) is 2. The first-order valence-electron chi connectivity index (χ1n) is 6.11. The Morgan fingerprint density at radius 3 is 2.94 bits per heavy atom. The number of hydrogen-bond donors (Lipinski definition) is 2. The molecule has 0 spiro atoms. The first-order valence-corrected chi connectivity index (χ1v) is 6.11. The van der Waals surface area contributed by atoms with Gasteiger partial charge in [0.1, 0.15) is 0 Å². The molecule has 16 heavy (non-hydrogen) atoms. The third kappa shape index (κ3) is 2.76. The molecule has 0 unspecified atom stereocenters. The molecule has 0 aromatic heterocycles. The predicted molar refractivity (Wildman–Crippen MR) is 64.3 cm³/mol. The Kier molecular flexibility index (Phi) is 3.49. The third-order valence-corrected chi connectivity index (χ3v) is 3.38. The van der Waals surface area contributed by atoms with Crippen molar-refractivity contribution < 1.29 is 4.79 Å². The number of rotatable bonds is 4. The van der Waals surface area contributed by atoms with Crippen LogP contribution < -0.4 is 10.6 Å². The van der Waals surface area contributed by atoms with Crippen molar-refractivity contribution in [1.82, 2.24) is 15.5 Å². The van der Waals surface area contributed by atoms with Gasteiger partial charge in [0, 0.05) is 31.2 Å². The standard InChI is InChI=1S/C12H21N3O/c1-3-6-13-12(16)14-10-7-9(2)15(8-10)11-4-5-11/h3,9-11H,1,4-8H2,2H3,(H2,13,14,16)/t9-,10-/m0/s1. The second kappa shape index (κ2) is 4.87. The maximum absolute atomic E-state index is 11.5. The molecular weight excluding hydrogens is 202 g/mol. The molecule has 4 nitrogen and oxygen atoms in total. The van der Waals surface area contributed by atoms with Gasteiger partial charge in [-0.1, -0.05) is 6.08 Å². The summed E-state index contributed by atoms with van der Waals surface area (Å²) in [7, 11) is 0. The first kappa shape index (κ1) is 11.5. The van der Waals surface area contributed by atoms with Crippen LogP contribution in [0, 0.1) is 0 Å². The maximum atomic E-state index is 11.5. The summed E-state index contributed by atoms with van der Waals surface area (Å²) in [6.45, 7) is 7.36. The second-order valence-corrected chi connectivity index (χ2v) is 4.85. The third-order valence-electron chi connectivity index (χ3n) is 3.38. The molecule has 2 aliphatic rings. The number of nitrogens with one attached hydrogen (secondary N) is 2. The SMILES string of the molecule is C=CCNC(=O)N[C@H]1C[C@H](C)N(C2CC2)C1. The van der Waals surface area contributed by atoms with Crippen molar-refractivity contribution in [2.45, 2.75) is 44.3 Å². The van der Waals surface area contributed by atoms with Crippen molar-refractivity contribution in [2.24, 2.45) is 0 Å². The predicted octanol–water partition coefficient (Wildman–Crippen LogP) is 1.10. The highest BCUT2D eigenvalue weighted by atomic mass is 16.2. The van der Waals surface area contributed by atoms with Gasteiger partial charge in [0.2, 0.25) is 0 Å². The summed E-state index contributed by atoms with van der Waals surface area (Å²) in [5.74, 6) is 0. The van der Waals surface area contributed by atoms with E-state index in [2.05, 4.69) is 29.0 Å². The lowest BCUT2D eigenvalue weighted by Gasteiger charge is -2.19. The molecule has 2 amide bonds. The van der Waals surface area contributed by atoms with Crippen molar-refractivity contribution in [3.8, 4) is 0 Å². The Balaban J connectivity index is 1.74. The maximum Gasteiger partial charge on any atom is 0.315 e. The van der Waals surface area contributed by atoms with E-state index in [1.807, 2.05) is 0 Å². The number of amides is 2. The zero-order chi connectivity index (χ0) is 11.5. The van der Waals surface area contributed by atoms with Crippen LogP contribution >= 0.6 is 0 Å². The van der Waals surface area contributed by atoms with Crippen molar-refractivity contribution >= 4 is 6.03 Å². The minimum atomic E-state index is -0.0743. The van der Waals surface area contributed by atoms with Crippen molar-refractivity contribution in [3.63, 3.8) is 0 Å². The molecule has 1 saturated carbocycles. The van der Waals surface area contributed by atoms with Gasteiger partial charge in [0.15, 0.2) is 0 Å². The lowest BCUT2D eigenvalue weighted by molar-refractivity contribution is 0.235. The summed E-state index contributed by atoms with van der Waals surface area (Å²) in [5.41, 5.74) is 0. The second-order valence-electron chi connectivity index (χ2n) is 4.85. The summed E-state index contributed by atoms with van der Waals surface area (Å²) >= 11 is 0. The molecule has 2 N–H and O–H groups in total. The van der Waals surface area contributed by atoms with Gasteiger partial charge in [-0.2, -0.15) is 0 Å². The highest BCUT2D eigenvalue weighted by Gasteiger charge is 2.38. The van der Waals surface area contributed by atoms with Crippen LogP contribution in [-0.2, 0) is 0 Å². The van der Waals surface area contributed by atoms with E-state index in [1.54, 1.807) is 6.08 Å². The van der Waals surface area contributed by atoms with Crippen LogP contribution in [-0.4, -0.2) is 42.1 Å². The topological polar surface area (TPSA) is 44.4 Å². The van der Waals surface area contributed by atoms with Crippen LogP contribution in [0.1, 0.15) is 26.2 Å². The number of likely N-dealkylation sites (tertiary alicyclic amines) is 1. The van der Waals surface area contributed by atoms with Crippen LogP contribution in [0.15, 0.2) is 12.7 Å². The minimum absolute atomic E-state index is 0.0743. The molecule has 0 radical (unpaired) electrons. The zero-order valence-corrected chi connectivity index (χ0v) is 9.91. The Morgan fingerprint density at radius 1 is 1.56 bits per heavy atom. The van der Waals surface area contributed by atoms with E-state index >= 15 is 0 Å². The monoisotopic (exact) mass is 223 g/mol. The van der Waals surface area contributed by atoms with Crippen molar-refractivity contribution in [2.75, 3.05) is 13.1 Å². The van der Waals surface area contributed by atoms with Crippen LogP contribution in [0.25, 0.3) is 0 Å². The fraction of sp³-hybridized carbons (Fsp3) is 0.750. The van der Waals surface area contributed by atoms with Gasteiger partial charge in [-0.25, -0.2) is 4.79 Å². The average molecular weight is 223 g/mol. The highest BCUT2D eigenvalue weighted by molar-refractivity contribution is 5.74. The quantitative estimate of drug-likeness (QED) is 0.701. The summed E-state index contributed by atoms with van der Waals surface area (Å²) in [6, 6.07) is 1.63. The summed E-state index contributed by atoms with van der Waals surface area (Å²) in [4.78, 5) is 14.0. The zero-order valence-electron chi connectivity index (χ0n) is 9.91. The van der Waals surface area contributed by atoms with Crippen LogP contribution in [0.4, 0.5) is 4.79 Å². The molecule has 0 aromatic rings. The molecular formula is C12H21N3O. The number of urea groups is 1. The number of carbonyl (C=O) groups is 1. The summed E-state index contributed by atoms with van der Waals surface area (Å²) < 4.78 is 0. The Morgan fingerprint density at radius 2 is 2.31 bits per heavy atom. The molecule has 2 fully saturated rings. The molecule has 90 valence electrons. The Bertz CT molecular complexity index is 275. The molecule has 2 rings (SSSR count). The van der Waals surface area contributed by atoms with E-state index in [0.29, 0.717) is 18.6 Å². The van der Waals surface area contributed by atoms with E-state index in [4.69, 9.17) is 0 Å². The molecule has 0 bridgehead atoms. The molecule has 0 aromatic carbocycles. The van der Waals surface area contributed by atoms with Gasteiger partial charge in [0.25, 0.3) is 0 Å². The van der Waals surface area contributed by atoms with Crippen LogP contribution in [0.3, 0.4) is 0 Å². The smallest absolute Gasteiger partial charge is 0.315 e. The van der Waals surface area contributed by atoms with Gasteiger partial charge in [-0.05, 0) is 26.2 Å². The lowest BCUT2D eigenvalue weighted by atomic mass is 10.2. The van der Waals surface area contributed by atoms with Gasteiger partial charge in [-0.15, -0.1) is 6.58 Å². The molecule has 1 aliphatic carbocycles. The fourth-order valence-electron chi connectivity index (χ4n) is 2.48. The van der Waals surface area contributed by atoms with E-state index in [1.165, 1.54) is 12.8 Å². The molecule has 1 aliphatic heterocycles. The summed E-state index contributed by atoms with van der Waals surface area (Å²) in [5, 5.41) is 5.76. The molecule has 2 atom stereocenters. The van der Waals surface area contributed by atoms with Gasteiger partial charge >= 0.3 is 6.03 Å².